The highest BCUT2D eigenvalue weighted by atomic mass is 32.2. The summed E-state index contributed by atoms with van der Waals surface area (Å²) in [4.78, 5) is 0.321. The molecule has 0 heterocycles. The summed E-state index contributed by atoms with van der Waals surface area (Å²) in [6.07, 6.45) is 0. The first-order valence-corrected chi connectivity index (χ1v) is 9.73. The van der Waals surface area contributed by atoms with Gasteiger partial charge in [-0.3, -0.25) is 4.72 Å². The molecule has 0 saturated carbocycles. The van der Waals surface area contributed by atoms with Crippen LogP contribution in [0.15, 0.2) is 35.2 Å². The van der Waals surface area contributed by atoms with Gasteiger partial charge in [-0.25, -0.2) is 8.42 Å². The topological polar surface area (TPSA) is 55.4 Å². The van der Waals surface area contributed by atoms with E-state index in [2.05, 4.69) is 25.5 Å². The molecular formula is C20H27NO3S. The summed E-state index contributed by atoms with van der Waals surface area (Å²) < 4.78 is 34.1. The summed E-state index contributed by atoms with van der Waals surface area (Å²) in [6, 6.07) is 9.36. The van der Waals surface area contributed by atoms with E-state index >= 15 is 0 Å². The minimum absolute atomic E-state index is 0.0951. The van der Waals surface area contributed by atoms with Crippen molar-refractivity contribution in [2.75, 3.05) is 11.8 Å². The van der Waals surface area contributed by atoms with Crippen LogP contribution in [0.5, 0.6) is 5.75 Å². The Morgan fingerprint density at radius 2 is 1.52 bits per heavy atom. The van der Waals surface area contributed by atoms with Crippen LogP contribution in [0.3, 0.4) is 0 Å². The molecule has 0 spiro atoms. The Kier molecular flexibility index (Phi) is 5.19. The largest absolute Gasteiger partial charge is 0.495 e. The Morgan fingerprint density at radius 1 is 0.960 bits per heavy atom. The van der Waals surface area contributed by atoms with E-state index in [-0.39, 0.29) is 5.41 Å². The van der Waals surface area contributed by atoms with Gasteiger partial charge in [0.1, 0.15) is 5.75 Å². The van der Waals surface area contributed by atoms with Crippen molar-refractivity contribution in [3.05, 3.63) is 52.6 Å². The number of aryl methyl sites for hydroxylation is 3. The lowest BCUT2D eigenvalue weighted by Gasteiger charge is -2.22. The van der Waals surface area contributed by atoms with Gasteiger partial charge in [-0.15, -0.1) is 0 Å². The van der Waals surface area contributed by atoms with Crippen LogP contribution in [0, 0.1) is 20.8 Å². The van der Waals surface area contributed by atoms with Crippen molar-refractivity contribution in [2.45, 2.75) is 51.9 Å². The second-order valence-corrected chi connectivity index (χ2v) is 9.12. The molecule has 0 aliphatic rings. The predicted octanol–water partition coefficient (Wildman–Crippen LogP) is 4.72. The van der Waals surface area contributed by atoms with Crippen molar-refractivity contribution in [1.82, 2.24) is 0 Å². The van der Waals surface area contributed by atoms with E-state index in [0.717, 1.165) is 22.3 Å². The highest BCUT2D eigenvalue weighted by Gasteiger charge is 2.23. The molecule has 0 aliphatic carbocycles. The SMILES string of the molecule is COc1ccc(C(C)(C)C)cc1NS(=O)(=O)c1c(C)cc(C)cc1C. The minimum Gasteiger partial charge on any atom is -0.495 e. The molecule has 0 fully saturated rings. The number of benzene rings is 2. The average Bonchev–Trinajstić information content (AvgIpc) is 2.44. The van der Waals surface area contributed by atoms with Crippen molar-refractivity contribution in [3.8, 4) is 5.75 Å². The number of anilines is 1. The number of rotatable bonds is 4. The van der Waals surface area contributed by atoms with Gasteiger partial charge < -0.3 is 4.74 Å². The van der Waals surface area contributed by atoms with Crippen molar-refractivity contribution < 1.29 is 13.2 Å². The lowest BCUT2D eigenvalue weighted by Crippen LogP contribution is -2.18. The standard InChI is InChI=1S/C20H27NO3S/c1-13-10-14(2)19(15(3)11-13)25(22,23)21-17-12-16(20(4,5)6)8-9-18(17)24-7/h8-12,21H,1-7H3. The number of sulfonamides is 1. The first-order chi connectivity index (χ1) is 11.5. The van der Waals surface area contributed by atoms with E-state index in [1.54, 1.807) is 6.07 Å². The van der Waals surface area contributed by atoms with E-state index in [1.165, 1.54) is 7.11 Å². The van der Waals surface area contributed by atoms with E-state index < -0.39 is 10.0 Å². The second kappa shape index (κ2) is 6.71. The Balaban J connectivity index is 2.55. The van der Waals surface area contributed by atoms with Gasteiger partial charge in [0.05, 0.1) is 17.7 Å². The van der Waals surface area contributed by atoms with Crippen molar-refractivity contribution in [2.24, 2.45) is 0 Å². The molecule has 4 nitrogen and oxygen atoms in total. The molecule has 1 N–H and O–H groups in total. The van der Waals surface area contributed by atoms with Gasteiger partial charge in [-0.1, -0.05) is 44.5 Å². The molecule has 0 aromatic heterocycles. The minimum atomic E-state index is -3.72. The summed E-state index contributed by atoms with van der Waals surface area (Å²) in [5.41, 5.74) is 3.90. The third kappa shape index (κ3) is 4.15. The van der Waals surface area contributed by atoms with Gasteiger partial charge in [-0.05, 0) is 55.0 Å². The molecule has 0 aliphatic heterocycles. The van der Waals surface area contributed by atoms with Gasteiger partial charge in [-0.2, -0.15) is 0 Å². The molecule has 2 aromatic rings. The third-order valence-electron chi connectivity index (χ3n) is 4.18. The van der Waals surface area contributed by atoms with Gasteiger partial charge in [0.25, 0.3) is 10.0 Å². The van der Waals surface area contributed by atoms with E-state index in [9.17, 15) is 8.42 Å². The number of methoxy groups -OCH3 is 1. The van der Waals surface area contributed by atoms with Crippen molar-refractivity contribution in [1.29, 1.82) is 0 Å². The maximum Gasteiger partial charge on any atom is 0.262 e. The smallest absolute Gasteiger partial charge is 0.262 e. The zero-order valence-corrected chi connectivity index (χ0v) is 16.8. The third-order valence-corrected chi connectivity index (χ3v) is 5.85. The first kappa shape index (κ1) is 19.3. The maximum atomic E-state index is 13.0. The molecule has 5 heteroatoms. The molecule has 25 heavy (non-hydrogen) atoms. The summed E-state index contributed by atoms with van der Waals surface area (Å²) in [6.45, 7) is 11.8. The average molecular weight is 362 g/mol. The van der Waals surface area contributed by atoms with E-state index in [4.69, 9.17) is 4.74 Å². The Hall–Kier alpha value is -2.01. The van der Waals surface area contributed by atoms with Gasteiger partial charge >= 0.3 is 0 Å². The molecule has 0 saturated heterocycles. The summed E-state index contributed by atoms with van der Waals surface area (Å²) in [5, 5.41) is 0. The van der Waals surface area contributed by atoms with Gasteiger partial charge in [0, 0.05) is 0 Å². The quantitative estimate of drug-likeness (QED) is 0.857. The van der Waals surface area contributed by atoms with Crippen LogP contribution < -0.4 is 9.46 Å². The Labute approximate surface area is 151 Å². The second-order valence-electron chi connectivity index (χ2n) is 7.50. The van der Waals surface area contributed by atoms with Gasteiger partial charge in [0.15, 0.2) is 0 Å². The number of nitrogens with one attached hydrogen (secondary N) is 1. The molecular weight excluding hydrogens is 334 g/mol. The fourth-order valence-corrected chi connectivity index (χ4v) is 4.56. The zero-order chi connectivity index (χ0) is 19.0. The molecule has 0 atom stereocenters. The number of ether oxygens (including phenoxy) is 1. The summed E-state index contributed by atoms with van der Waals surface area (Å²) in [5.74, 6) is 0.499. The van der Waals surface area contributed by atoms with Crippen LogP contribution in [0.4, 0.5) is 5.69 Å². The van der Waals surface area contributed by atoms with Crippen LogP contribution >= 0.6 is 0 Å². The lowest BCUT2D eigenvalue weighted by atomic mass is 9.87. The summed E-state index contributed by atoms with van der Waals surface area (Å²) >= 11 is 0. The fourth-order valence-electron chi connectivity index (χ4n) is 3.04. The van der Waals surface area contributed by atoms with E-state index in [0.29, 0.717) is 16.3 Å². The summed E-state index contributed by atoms with van der Waals surface area (Å²) in [7, 11) is -2.18. The Bertz CT molecular complexity index is 871. The molecule has 2 rings (SSSR count). The molecule has 2 aromatic carbocycles. The lowest BCUT2D eigenvalue weighted by molar-refractivity contribution is 0.416. The maximum absolute atomic E-state index is 13.0. The molecule has 0 amide bonds. The zero-order valence-electron chi connectivity index (χ0n) is 16.0. The Morgan fingerprint density at radius 3 is 2.00 bits per heavy atom. The van der Waals surface area contributed by atoms with Crippen LogP contribution in [0.1, 0.15) is 43.0 Å². The van der Waals surface area contributed by atoms with Crippen molar-refractivity contribution >= 4 is 15.7 Å². The fraction of sp³-hybridized carbons (Fsp3) is 0.400. The normalized spacial score (nSPS) is 12.1. The number of hydrogen-bond donors (Lipinski definition) is 1. The van der Waals surface area contributed by atoms with Crippen LogP contribution in [0.2, 0.25) is 0 Å². The van der Waals surface area contributed by atoms with E-state index in [1.807, 2.05) is 45.0 Å². The molecule has 136 valence electrons. The predicted molar refractivity (Wildman–Crippen MR) is 103 cm³/mol. The molecule has 0 bridgehead atoms. The van der Waals surface area contributed by atoms with Crippen LogP contribution in [-0.4, -0.2) is 15.5 Å². The number of hydrogen-bond acceptors (Lipinski definition) is 3. The highest BCUT2D eigenvalue weighted by Crippen LogP contribution is 2.33. The monoisotopic (exact) mass is 361 g/mol. The first-order valence-electron chi connectivity index (χ1n) is 8.25. The molecule has 0 unspecified atom stereocenters. The highest BCUT2D eigenvalue weighted by molar-refractivity contribution is 7.92. The van der Waals surface area contributed by atoms with Crippen LogP contribution in [0.25, 0.3) is 0 Å². The molecule has 0 radical (unpaired) electrons. The van der Waals surface area contributed by atoms with Crippen LogP contribution in [-0.2, 0) is 15.4 Å². The van der Waals surface area contributed by atoms with Gasteiger partial charge in [0.2, 0.25) is 0 Å². The van der Waals surface area contributed by atoms with Crippen molar-refractivity contribution in [3.63, 3.8) is 0 Å².